The summed E-state index contributed by atoms with van der Waals surface area (Å²) < 4.78 is 0. The Morgan fingerprint density at radius 3 is 2.65 bits per heavy atom. The van der Waals surface area contributed by atoms with Gasteiger partial charge in [0.15, 0.2) is 0 Å². The maximum Gasteiger partial charge on any atom is 0.0250 e. The van der Waals surface area contributed by atoms with Gasteiger partial charge in [0.2, 0.25) is 0 Å². The molecule has 0 aliphatic carbocycles. The second kappa shape index (κ2) is 5.65. The first-order chi connectivity index (χ1) is 8.22. The standard InChI is InChI=1S/C15H24N2/c1-3-7-12(2)17-10-14(15(16)11-17)13-8-5-4-6-9-13/h4-6,8-9,12,14-15H,3,7,10-11,16H2,1-2H3. The highest BCUT2D eigenvalue weighted by atomic mass is 15.2. The Balaban J connectivity index is 2.03. The van der Waals surface area contributed by atoms with Gasteiger partial charge >= 0.3 is 0 Å². The molecule has 1 fully saturated rings. The predicted molar refractivity (Wildman–Crippen MR) is 73.1 cm³/mol. The Hall–Kier alpha value is -0.860. The van der Waals surface area contributed by atoms with E-state index in [0.29, 0.717) is 12.0 Å². The lowest BCUT2D eigenvalue weighted by Crippen LogP contribution is -2.33. The van der Waals surface area contributed by atoms with E-state index < -0.39 is 0 Å². The van der Waals surface area contributed by atoms with Crippen LogP contribution in [0.4, 0.5) is 0 Å². The van der Waals surface area contributed by atoms with Crippen LogP contribution in [0.3, 0.4) is 0 Å². The van der Waals surface area contributed by atoms with Crippen LogP contribution in [0.25, 0.3) is 0 Å². The normalized spacial score (nSPS) is 27.2. The van der Waals surface area contributed by atoms with Crippen molar-refractivity contribution in [3.8, 4) is 0 Å². The van der Waals surface area contributed by atoms with E-state index in [1.165, 1.54) is 18.4 Å². The van der Waals surface area contributed by atoms with Gasteiger partial charge < -0.3 is 5.73 Å². The maximum atomic E-state index is 6.29. The average Bonchev–Trinajstić information content (AvgIpc) is 2.73. The van der Waals surface area contributed by atoms with Gasteiger partial charge in [-0.15, -0.1) is 0 Å². The van der Waals surface area contributed by atoms with Crippen molar-refractivity contribution >= 4 is 0 Å². The molecule has 0 aromatic heterocycles. The van der Waals surface area contributed by atoms with Gasteiger partial charge in [-0.05, 0) is 18.9 Å². The second-order valence-electron chi connectivity index (χ2n) is 5.27. The Bertz CT molecular complexity index is 336. The first kappa shape index (κ1) is 12.6. The van der Waals surface area contributed by atoms with Crippen molar-refractivity contribution in [2.45, 2.75) is 44.7 Å². The van der Waals surface area contributed by atoms with Gasteiger partial charge in [0, 0.05) is 31.1 Å². The molecule has 1 saturated heterocycles. The molecule has 1 heterocycles. The van der Waals surface area contributed by atoms with Crippen LogP contribution in [0.2, 0.25) is 0 Å². The number of nitrogens with two attached hydrogens (primary N) is 1. The van der Waals surface area contributed by atoms with Crippen molar-refractivity contribution in [2.24, 2.45) is 5.73 Å². The first-order valence-electron chi connectivity index (χ1n) is 6.77. The van der Waals surface area contributed by atoms with Gasteiger partial charge in [0.1, 0.15) is 0 Å². The number of nitrogens with zero attached hydrogens (tertiary/aromatic N) is 1. The van der Waals surface area contributed by atoms with Crippen molar-refractivity contribution in [1.82, 2.24) is 4.90 Å². The zero-order valence-electron chi connectivity index (χ0n) is 11.0. The first-order valence-corrected chi connectivity index (χ1v) is 6.77. The summed E-state index contributed by atoms with van der Waals surface area (Å²) in [6.45, 7) is 6.73. The number of hydrogen-bond donors (Lipinski definition) is 1. The number of benzene rings is 1. The monoisotopic (exact) mass is 232 g/mol. The van der Waals surface area contributed by atoms with Crippen molar-refractivity contribution in [1.29, 1.82) is 0 Å². The van der Waals surface area contributed by atoms with E-state index in [1.807, 2.05) is 0 Å². The Morgan fingerprint density at radius 1 is 1.29 bits per heavy atom. The highest BCUT2D eigenvalue weighted by Crippen LogP contribution is 2.28. The third kappa shape index (κ3) is 2.88. The molecule has 3 unspecified atom stereocenters. The van der Waals surface area contributed by atoms with Crippen molar-refractivity contribution < 1.29 is 0 Å². The van der Waals surface area contributed by atoms with Gasteiger partial charge in [0.05, 0.1) is 0 Å². The van der Waals surface area contributed by atoms with Crippen LogP contribution in [0.5, 0.6) is 0 Å². The summed E-state index contributed by atoms with van der Waals surface area (Å²) in [4.78, 5) is 2.55. The molecule has 1 aromatic rings. The van der Waals surface area contributed by atoms with Gasteiger partial charge in [-0.3, -0.25) is 4.90 Å². The minimum absolute atomic E-state index is 0.289. The van der Waals surface area contributed by atoms with Crippen LogP contribution in [0.15, 0.2) is 30.3 Å². The molecule has 1 aliphatic heterocycles. The Kier molecular flexibility index (Phi) is 4.19. The van der Waals surface area contributed by atoms with E-state index in [2.05, 4.69) is 49.1 Å². The summed E-state index contributed by atoms with van der Waals surface area (Å²) >= 11 is 0. The zero-order chi connectivity index (χ0) is 12.3. The van der Waals surface area contributed by atoms with Crippen LogP contribution in [-0.2, 0) is 0 Å². The van der Waals surface area contributed by atoms with E-state index >= 15 is 0 Å². The summed E-state index contributed by atoms with van der Waals surface area (Å²) in [6.07, 6.45) is 2.52. The highest BCUT2D eigenvalue weighted by molar-refractivity contribution is 5.23. The molecule has 2 heteroatoms. The molecule has 0 radical (unpaired) electrons. The van der Waals surface area contributed by atoms with Gasteiger partial charge in [0.25, 0.3) is 0 Å². The molecule has 3 atom stereocenters. The van der Waals surface area contributed by atoms with E-state index in [1.54, 1.807) is 0 Å². The number of rotatable bonds is 4. The van der Waals surface area contributed by atoms with Crippen LogP contribution < -0.4 is 5.73 Å². The fourth-order valence-corrected chi connectivity index (χ4v) is 2.87. The molecule has 0 bridgehead atoms. The minimum Gasteiger partial charge on any atom is -0.326 e. The molecule has 0 amide bonds. The Labute approximate surface area is 105 Å². The van der Waals surface area contributed by atoms with E-state index in [4.69, 9.17) is 5.73 Å². The van der Waals surface area contributed by atoms with Gasteiger partial charge in [-0.1, -0.05) is 43.7 Å². The summed E-state index contributed by atoms with van der Waals surface area (Å²) in [5.74, 6) is 0.510. The van der Waals surface area contributed by atoms with Crippen LogP contribution in [0.1, 0.15) is 38.2 Å². The number of likely N-dealkylation sites (tertiary alicyclic amines) is 1. The van der Waals surface area contributed by atoms with Crippen molar-refractivity contribution in [3.63, 3.8) is 0 Å². The lowest BCUT2D eigenvalue weighted by molar-refractivity contribution is 0.241. The largest absolute Gasteiger partial charge is 0.326 e. The van der Waals surface area contributed by atoms with Crippen LogP contribution in [0, 0.1) is 0 Å². The van der Waals surface area contributed by atoms with E-state index in [0.717, 1.165) is 13.1 Å². The zero-order valence-corrected chi connectivity index (χ0v) is 11.0. The highest BCUT2D eigenvalue weighted by Gasteiger charge is 2.32. The van der Waals surface area contributed by atoms with E-state index in [9.17, 15) is 0 Å². The molecule has 0 saturated carbocycles. The third-order valence-corrected chi connectivity index (χ3v) is 3.95. The molecule has 2 N–H and O–H groups in total. The van der Waals surface area contributed by atoms with Crippen LogP contribution >= 0.6 is 0 Å². The molecular weight excluding hydrogens is 208 g/mol. The quantitative estimate of drug-likeness (QED) is 0.864. The SMILES string of the molecule is CCCC(C)N1CC(N)C(c2ccccc2)C1. The summed E-state index contributed by atoms with van der Waals surface area (Å²) in [5.41, 5.74) is 7.69. The molecule has 2 nitrogen and oxygen atoms in total. The third-order valence-electron chi connectivity index (χ3n) is 3.95. The minimum atomic E-state index is 0.289. The molecule has 94 valence electrons. The topological polar surface area (TPSA) is 29.3 Å². The summed E-state index contributed by atoms with van der Waals surface area (Å²) in [5, 5.41) is 0. The molecule has 17 heavy (non-hydrogen) atoms. The van der Waals surface area contributed by atoms with Gasteiger partial charge in [-0.25, -0.2) is 0 Å². The Morgan fingerprint density at radius 2 is 2.00 bits per heavy atom. The van der Waals surface area contributed by atoms with E-state index in [-0.39, 0.29) is 6.04 Å². The second-order valence-corrected chi connectivity index (χ2v) is 5.27. The smallest absolute Gasteiger partial charge is 0.0250 e. The number of hydrogen-bond acceptors (Lipinski definition) is 2. The lowest BCUT2D eigenvalue weighted by atomic mass is 9.95. The lowest BCUT2D eigenvalue weighted by Gasteiger charge is -2.23. The maximum absolute atomic E-state index is 6.29. The molecule has 1 aromatic carbocycles. The molecule has 2 rings (SSSR count). The average molecular weight is 232 g/mol. The van der Waals surface area contributed by atoms with Crippen molar-refractivity contribution in [3.05, 3.63) is 35.9 Å². The fourth-order valence-electron chi connectivity index (χ4n) is 2.87. The van der Waals surface area contributed by atoms with Crippen molar-refractivity contribution in [2.75, 3.05) is 13.1 Å². The fraction of sp³-hybridized carbons (Fsp3) is 0.600. The van der Waals surface area contributed by atoms with Crippen LogP contribution in [-0.4, -0.2) is 30.1 Å². The summed E-state index contributed by atoms with van der Waals surface area (Å²) in [6, 6.07) is 11.7. The molecule has 1 aliphatic rings. The predicted octanol–water partition coefficient (Wildman–Crippen LogP) is 2.60. The summed E-state index contributed by atoms with van der Waals surface area (Å²) in [7, 11) is 0. The van der Waals surface area contributed by atoms with Gasteiger partial charge in [-0.2, -0.15) is 0 Å². The molecular formula is C15H24N2. The molecule has 0 spiro atoms.